The monoisotopic (exact) mass is 285 g/mol. The third-order valence-corrected chi connectivity index (χ3v) is 3.34. The van der Waals surface area contributed by atoms with Crippen LogP contribution >= 0.6 is 0 Å². The Morgan fingerprint density at radius 2 is 2.20 bits per heavy atom. The van der Waals surface area contributed by atoms with E-state index in [4.69, 9.17) is 4.74 Å². The second-order valence-electron chi connectivity index (χ2n) is 6.92. The van der Waals surface area contributed by atoms with Gasteiger partial charge in [0.2, 0.25) is 0 Å². The summed E-state index contributed by atoms with van der Waals surface area (Å²) in [6.45, 7) is 11.6. The molecule has 0 aromatic rings. The van der Waals surface area contributed by atoms with Crippen LogP contribution in [-0.2, 0) is 4.74 Å². The summed E-state index contributed by atoms with van der Waals surface area (Å²) >= 11 is 0. The van der Waals surface area contributed by atoms with Crippen molar-refractivity contribution in [3.05, 3.63) is 0 Å². The van der Waals surface area contributed by atoms with Crippen LogP contribution in [0.25, 0.3) is 0 Å². The molecule has 1 heterocycles. The van der Waals surface area contributed by atoms with Gasteiger partial charge < -0.3 is 20.3 Å². The van der Waals surface area contributed by atoms with Crippen LogP contribution in [0.1, 0.15) is 40.5 Å². The van der Waals surface area contributed by atoms with Crippen LogP contribution in [0.3, 0.4) is 0 Å². The Morgan fingerprint density at radius 1 is 1.50 bits per heavy atom. The van der Waals surface area contributed by atoms with Crippen LogP contribution in [0.2, 0.25) is 0 Å². The molecule has 20 heavy (non-hydrogen) atoms. The molecule has 2 unspecified atom stereocenters. The van der Waals surface area contributed by atoms with Crippen molar-refractivity contribution in [3.63, 3.8) is 0 Å². The highest BCUT2D eigenvalue weighted by molar-refractivity contribution is 5.67. The van der Waals surface area contributed by atoms with Crippen molar-refractivity contribution in [2.75, 3.05) is 33.2 Å². The van der Waals surface area contributed by atoms with Gasteiger partial charge >= 0.3 is 6.09 Å². The normalized spacial score (nSPS) is 20.8. The molecule has 2 N–H and O–H groups in total. The molecule has 0 aliphatic carbocycles. The minimum absolute atomic E-state index is 0.248. The lowest BCUT2D eigenvalue weighted by molar-refractivity contribution is 0.0277. The Labute approximate surface area is 123 Å². The summed E-state index contributed by atoms with van der Waals surface area (Å²) in [5.41, 5.74) is -0.430. The number of nitrogens with one attached hydrogen (secondary N) is 2. The molecule has 0 aromatic heterocycles. The average molecular weight is 285 g/mol. The van der Waals surface area contributed by atoms with Crippen molar-refractivity contribution < 1.29 is 9.53 Å². The first-order valence-corrected chi connectivity index (χ1v) is 7.66. The van der Waals surface area contributed by atoms with E-state index in [2.05, 4.69) is 17.6 Å². The van der Waals surface area contributed by atoms with Crippen molar-refractivity contribution in [3.8, 4) is 0 Å². The number of ether oxygens (including phenoxy) is 1. The van der Waals surface area contributed by atoms with Gasteiger partial charge in [0, 0.05) is 26.2 Å². The Morgan fingerprint density at radius 3 is 2.75 bits per heavy atom. The molecule has 1 aliphatic heterocycles. The molecule has 2 atom stereocenters. The van der Waals surface area contributed by atoms with Crippen molar-refractivity contribution in [1.82, 2.24) is 15.5 Å². The molecule has 1 amide bonds. The zero-order valence-electron chi connectivity index (χ0n) is 13.7. The smallest absolute Gasteiger partial charge is 0.410 e. The molecule has 0 spiro atoms. The number of nitrogens with zero attached hydrogens (tertiary/aromatic N) is 1. The Hall–Kier alpha value is -0.810. The minimum atomic E-state index is -0.430. The summed E-state index contributed by atoms with van der Waals surface area (Å²) in [6.07, 6.45) is 2.30. The molecule has 5 heteroatoms. The number of hydrogen-bond acceptors (Lipinski definition) is 4. The summed E-state index contributed by atoms with van der Waals surface area (Å²) in [5, 5.41) is 6.95. The minimum Gasteiger partial charge on any atom is -0.444 e. The van der Waals surface area contributed by atoms with Gasteiger partial charge in [-0.3, -0.25) is 0 Å². The topological polar surface area (TPSA) is 53.6 Å². The van der Waals surface area contributed by atoms with E-state index in [-0.39, 0.29) is 6.09 Å². The maximum atomic E-state index is 11.9. The first-order chi connectivity index (χ1) is 9.28. The van der Waals surface area contributed by atoms with Crippen molar-refractivity contribution in [2.45, 2.75) is 52.2 Å². The quantitative estimate of drug-likeness (QED) is 0.782. The Bertz CT molecular complexity index is 296. The second kappa shape index (κ2) is 7.84. The standard InChI is InChI=1S/C15H31N3O2/c1-12(9-16-10-13-7-6-8-17-13)11-18(5)14(19)20-15(2,3)4/h12-13,16-17H,6-11H2,1-5H3. The van der Waals surface area contributed by atoms with Gasteiger partial charge in [-0.05, 0) is 52.6 Å². The number of carbonyl (C=O) groups is 1. The molecular formula is C15H31N3O2. The fourth-order valence-electron chi connectivity index (χ4n) is 2.38. The maximum absolute atomic E-state index is 11.9. The molecule has 118 valence electrons. The van der Waals surface area contributed by atoms with Crippen LogP contribution in [0.5, 0.6) is 0 Å². The van der Waals surface area contributed by atoms with Crippen LogP contribution in [0.15, 0.2) is 0 Å². The van der Waals surface area contributed by atoms with Crippen molar-refractivity contribution >= 4 is 6.09 Å². The summed E-state index contributed by atoms with van der Waals surface area (Å²) in [5.74, 6) is 0.411. The van der Waals surface area contributed by atoms with E-state index in [1.54, 1.807) is 11.9 Å². The molecule has 0 bridgehead atoms. The molecular weight excluding hydrogens is 254 g/mol. The van der Waals surface area contributed by atoms with Gasteiger partial charge in [-0.2, -0.15) is 0 Å². The fraction of sp³-hybridized carbons (Fsp3) is 0.933. The average Bonchev–Trinajstić information content (AvgIpc) is 2.79. The van der Waals surface area contributed by atoms with Gasteiger partial charge in [0.25, 0.3) is 0 Å². The van der Waals surface area contributed by atoms with Crippen molar-refractivity contribution in [1.29, 1.82) is 0 Å². The van der Waals surface area contributed by atoms with Gasteiger partial charge in [-0.1, -0.05) is 6.92 Å². The summed E-state index contributed by atoms with van der Waals surface area (Å²) in [6, 6.07) is 0.616. The second-order valence-corrected chi connectivity index (χ2v) is 6.92. The number of hydrogen-bond donors (Lipinski definition) is 2. The lowest BCUT2D eigenvalue weighted by atomic mass is 10.1. The zero-order chi connectivity index (χ0) is 15.2. The lowest BCUT2D eigenvalue weighted by Gasteiger charge is -2.26. The fourth-order valence-corrected chi connectivity index (χ4v) is 2.38. The lowest BCUT2D eigenvalue weighted by Crippen LogP contribution is -2.40. The first-order valence-electron chi connectivity index (χ1n) is 7.66. The summed E-state index contributed by atoms with van der Waals surface area (Å²) in [4.78, 5) is 13.5. The zero-order valence-corrected chi connectivity index (χ0v) is 13.7. The van der Waals surface area contributed by atoms with Gasteiger partial charge in [0.05, 0.1) is 0 Å². The maximum Gasteiger partial charge on any atom is 0.410 e. The van der Waals surface area contributed by atoms with Crippen LogP contribution < -0.4 is 10.6 Å². The van der Waals surface area contributed by atoms with E-state index in [1.807, 2.05) is 20.8 Å². The summed E-state index contributed by atoms with van der Waals surface area (Å²) in [7, 11) is 1.79. The number of carbonyl (C=O) groups excluding carboxylic acids is 1. The summed E-state index contributed by atoms with van der Waals surface area (Å²) < 4.78 is 5.34. The molecule has 0 aromatic carbocycles. The van der Waals surface area contributed by atoms with Crippen LogP contribution in [-0.4, -0.2) is 55.9 Å². The van der Waals surface area contributed by atoms with Crippen molar-refractivity contribution in [2.24, 2.45) is 5.92 Å². The molecule has 1 aliphatic rings. The highest BCUT2D eigenvalue weighted by Crippen LogP contribution is 2.10. The van der Waals surface area contributed by atoms with Crippen LogP contribution in [0.4, 0.5) is 4.79 Å². The molecule has 0 radical (unpaired) electrons. The van der Waals surface area contributed by atoms with Crippen LogP contribution in [0, 0.1) is 5.92 Å². The SMILES string of the molecule is CC(CNCC1CCCN1)CN(C)C(=O)OC(C)(C)C. The molecule has 1 rings (SSSR count). The molecule has 0 saturated carbocycles. The molecule has 1 fully saturated rings. The third kappa shape index (κ3) is 7.10. The highest BCUT2D eigenvalue weighted by atomic mass is 16.6. The van der Waals surface area contributed by atoms with Gasteiger partial charge in [0.1, 0.15) is 5.60 Å². The van der Waals surface area contributed by atoms with E-state index in [0.717, 1.165) is 19.6 Å². The van der Waals surface area contributed by atoms with E-state index < -0.39 is 5.60 Å². The van der Waals surface area contributed by atoms with E-state index >= 15 is 0 Å². The van der Waals surface area contributed by atoms with Gasteiger partial charge in [0.15, 0.2) is 0 Å². The van der Waals surface area contributed by atoms with E-state index in [1.165, 1.54) is 12.8 Å². The highest BCUT2D eigenvalue weighted by Gasteiger charge is 2.21. The molecule has 1 saturated heterocycles. The van der Waals surface area contributed by atoms with Gasteiger partial charge in [-0.15, -0.1) is 0 Å². The predicted octanol–water partition coefficient (Wildman–Crippen LogP) is 1.83. The van der Waals surface area contributed by atoms with Gasteiger partial charge in [-0.25, -0.2) is 4.79 Å². The first kappa shape index (κ1) is 17.2. The third-order valence-electron chi connectivity index (χ3n) is 3.34. The number of rotatable bonds is 6. The number of amides is 1. The van der Waals surface area contributed by atoms with E-state index in [0.29, 0.717) is 18.5 Å². The molecule has 5 nitrogen and oxygen atoms in total. The van der Waals surface area contributed by atoms with E-state index in [9.17, 15) is 4.79 Å². The Kier molecular flexibility index (Phi) is 6.76. The Balaban J connectivity index is 2.16. The largest absolute Gasteiger partial charge is 0.444 e. The predicted molar refractivity (Wildman–Crippen MR) is 81.9 cm³/mol.